The van der Waals surface area contributed by atoms with Crippen LogP contribution in [0.3, 0.4) is 0 Å². The van der Waals surface area contributed by atoms with Crippen molar-refractivity contribution in [1.29, 1.82) is 0 Å². The van der Waals surface area contributed by atoms with E-state index in [1.54, 1.807) is 12.1 Å². The Morgan fingerprint density at radius 2 is 2.21 bits per heavy atom. The lowest BCUT2D eigenvalue weighted by molar-refractivity contribution is 0.0947. The molecule has 1 fully saturated rings. The Morgan fingerprint density at radius 1 is 1.50 bits per heavy atom. The third-order valence-corrected chi connectivity index (χ3v) is 2.28. The Labute approximate surface area is 82.1 Å². The molecule has 2 rings (SSSR count). The first-order valence-electron chi connectivity index (χ1n) is 4.74. The molecule has 3 heteroatoms. The minimum absolute atomic E-state index is 0.150. The average molecular weight is 193 g/mol. The lowest BCUT2D eigenvalue weighted by atomic mass is 10.1. The molecule has 1 aliphatic carbocycles. The number of amides is 1. The Balaban J connectivity index is 2.20. The smallest absolute Gasteiger partial charge is 0.254 e. The summed E-state index contributed by atoms with van der Waals surface area (Å²) in [5.74, 6) is -0.748. The molecule has 14 heavy (non-hydrogen) atoms. The van der Waals surface area contributed by atoms with Gasteiger partial charge in [0.25, 0.3) is 5.91 Å². The van der Waals surface area contributed by atoms with Gasteiger partial charge >= 0.3 is 0 Å². The predicted molar refractivity (Wildman–Crippen MR) is 51.6 cm³/mol. The molecular formula is C11H12FNO. The Kier molecular flexibility index (Phi) is 2.23. The van der Waals surface area contributed by atoms with Crippen LogP contribution in [0.5, 0.6) is 0 Å². The lowest BCUT2D eigenvalue weighted by Gasteiger charge is -2.05. The molecule has 0 aromatic heterocycles. The fourth-order valence-electron chi connectivity index (χ4n) is 1.30. The van der Waals surface area contributed by atoms with Gasteiger partial charge in [-0.25, -0.2) is 4.39 Å². The normalized spacial score (nSPS) is 15.3. The second-order valence-corrected chi connectivity index (χ2v) is 3.73. The number of benzene rings is 1. The molecule has 1 aromatic rings. The maximum absolute atomic E-state index is 13.2. The SMILES string of the molecule is Cc1ccc(F)c(C(=O)NC2CC2)c1. The number of hydrogen-bond acceptors (Lipinski definition) is 1. The average Bonchev–Trinajstić information content (AvgIpc) is 2.93. The first-order valence-corrected chi connectivity index (χ1v) is 4.74. The van der Waals surface area contributed by atoms with E-state index in [0.717, 1.165) is 18.4 Å². The van der Waals surface area contributed by atoms with Gasteiger partial charge in [-0.3, -0.25) is 4.79 Å². The summed E-state index contributed by atoms with van der Waals surface area (Å²) in [6, 6.07) is 4.83. The maximum atomic E-state index is 13.2. The third-order valence-electron chi connectivity index (χ3n) is 2.28. The standard InChI is InChI=1S/C11H12FNO/c1-7-2-5-10(12)9(6-7)11(14)13-8-3-4-8/h2,5-6,8H,3-4H2,1H3,(H,13,14). The van der Waals surface area contributed by atoms with Crippen LogP contribution >= 0.6 is 0 Å². The van der Waals surface area contributed by atoms with E-state index in [-0.39, 0.29) is 17.5 Å². The largest absolute Gasteiger partial charge is 0.349 e. The molecule has 1 N–H and O–H groups in total. The van der Waals surface area contributed by atoms with Gasteiger partial charge in [0.1, 0.15) is 5.82 Å². The summed E-state index contributed by atoms with van der Waals surface area (Å²) >= 11 is 0. The molecule has 0 saturated heterocycles. The summed E-state index contributed by atoms with van der Waals surface area (Å²) in [6.07, 6.45) is 2.03. The highest BCUT2D eigenvalue weighted by Crippen LogP contribution is 2.20. The fraction of sp³-hybridized carbons (Fsp3) is 0.364. The first-order chi connectivity index (χ1) is 6.66. The van der Waals surface area contributed by atoms with E-state index in [1.165, 1.54) is 6.07 Å². The monoisotopic (exact) mass is 193 g/mol. The summed E-state index contributed by atoms with van der Waals surface area (Å²) in [4.78, 5) is 11.5. The molecule has 0 atom stereocenters. The van der Waals surface area contributed by atoms with Crippen LogP contribution in [0.1, 0.15) is 28.8 Å². The summed E-state index contributed by atoms with van der Waals surface area (Å²) in [6.45, 7) is 1.84. The minimum atomic E-state index is -0.450. The van der Waals surface area contributed by atoms with Crippen molar-refractivity contribution < 1.29 is 9.18 Å². The zero-order valence-corrected chi connectivity index (χ0v) is 8.01. The number of hydrogen-bond donors (Lipinski definition) is 1. The molecule has 1 aromatic carbocycles. The van der Waals surface area contributed by atoms with Gasteiger partial charge in [-0.1, -0.05) is 11.6 Å². The van der Waals surface area contributed by atoms with Crippen molar-refractivity contribution in [2.24, 2.45) is 0 Å². The number of halogens is 1. The van der Waals surface area contributed by atoms with E-state index in [4.69, 9.17) is 0 Å². The summed E-state index contributed by atoms with van der Waals surface area (Å²) < 4.78 is 13.2. The van der Waals surface area contributed by atoms with Crippen molar-refractivity contribution in [1.82, 2.24) is 5.32 Å². The van der Waals surface area contributed by atoms with Gasteiger partial charge in [-0.05, 0) is 31.9 Å². The van der Waals surface area contributed by atoms with E-state index in [2.05, 4.69) is 5.32 Å². The molecule has 74 valence electrons. The zero-order valence-electron chi connectivity index (χ0n) is 8.01. The lowest BCUT2D eigenvalue weighted by Crippen LogP contribution is -2.26. The summed E-state index contributed by atoms with van der Waals surface area (Å²) in [5.41, 5.74) is 1.05. The first kappa shape index (κ1) is 9.19. The highest BCUT2D eigenvalue weighted by atomic mass is 19.1. The fourth-order valence-corrected chi connectivity index (χ4v) is 1.30. The van der Waals surface area contributed by atoms with Crippen LogP contribution in [0.15, 0.2) is 18.2 Å². The number of aryl methyl sites for hydroxylation is 1. The van der Waals surface area contributed by atoms with Crippen molar-refractivity contribution >= 4 is 5.91 Å². The molecule has 1 aliphatic rings. The highest BCUT2D eigenvalue weighted by molar-refractivity contribution is 5.95. The van der Waals surface area contributed by atoms with Crippen LogP contribution in [-0.2, 0) is 0 Å². The van der Waals surface area contributed by atoms with E-state index in [1.807, 2.05) is 6.92 Å². The van der Waals surface area contributed by atoms with Crippen molar-refractivity contribution in [2.75, 3.05) is 0 Å². The van der Waals surface area contributed by atoms with Crippen LogP contribution in [0.4, 0.5) is 4.39 Å². The van der Waals surface area contributed by atoms with Crippen LogP contribution in [0.2, 0.25) is 0 Å². The Hall–Kier alpha value is -1.38. The number of rotatable bonds is 2. The molecule has 1 saturated carbocycles. The van der Waals surface area contributed by atoms with E-state index in [0.29, 0.717) is 0 Å². The molecule has 0 aliphatic heterocycles. The van der Waals surface area contributed by atoms with Crippen LogP contribution < -0.4 is 5.32 Å². The molecule has 0 spiro atoms. The van der Waals surface area contributed by atoms with Gasteiger partial charge in [0.2, 0.25) is 0 Å². The van der Waals surface area contributed by atoms with Crippen molar-refractivity contribution in [3.05, 3.63) is 35.1 Å². The van der Waals surface area contributed by atoms with E-state index >= 15 is 0 Å². The maximum Gasteiger partial charge on any atom is 0.254 e. The van der Waals surface area contributed by atoms with Gasteiger partial charge in [0.05, 0.1) is 5.56 Å². The second kappa shape index (κ2) is 3.40. The van der Waals surface area contributed by atoms with Crippen molar-refractivity contribution in [2.45, 2.75) is 25.8 Å². The minimum Gasteiger partial charge on any atom is -0.349 e. The van der Waals surface area contributed by atoms with Crippen LogP contribution in [0.25, 0.3) is 0 Å². The Bertz CT molecular complexity index is 372. The molecule has 0 unspecified atom stereocenters. The molecule has 0 radical (unpaired) electrons. The molecule has 0 bridgehead atoms. The van der Waals surface area contributed by atoms with E-state index < -0.39 is 5.82 Å². The summed E-state index contributed by atoms with van der Waals surface area (Å²) in [5, 5.41) is 2.76. The van der Waals surface area contributed by atoms with Crippen molar-refractivity contribution in [3.63, 3.8) is 0 Å². The topological polar surface area (TPSA) is 29.1 Å². The van der Waals surface area contributed by atoms with Gasteiger partial charge in [-0.15, -0.1) is 0 Å². The second-order valence-electron chi connectivity index (χ2n) is 3.73. The molecule has 1 amide bonds. The van der Waals surface area contributed by atoms with Gasteiger partial charge in [0.15, 0.2) is 0 Å². The van der Waals surface area contributed by atoms with E-state index in [9.17, 15) is 9.18 Å². The number of nitrogens with one attached hydrogen (secondary N) is 1. The van der Waals surface area contributed by atoms with Crippen LogP contribution in [-0.4, -0.2) is 11.9 Å². The predicted octanol–water partition coefficient (Wildman–Crippen LogP) is 2.03. The number of carbonyl (C=O) groups excluding carboxylic acids is 1. The van der Waals surface area contributed by atoms with Gasteiger partial charge in [-0.2, -0.15) is 0 Å². The molecule has 2 nitrogen and oxygen atoms in total. The Morgan fingerprint density at radius 3 is 2.86 bits per heavy atom. The van der Waals surface area contributed by atoms with Crippen molar-refractivity contribution in [3.8, 4) is 0 Å². The highest BCUT2D eigenvalue weighted by Gasteiger charge is 2.24. The van der Waals surface area contributed by atoms with Gasteiger partial charge < -0.3 is 5.32 Å². The zero-order chi connectivity index (χ0) is 10.1. The number of carbonyl (C=O) groups is 1. The third kappa shape index (κ3) is 1.92. The molecule has 0 heterocycles. The van der Waals surface area contributed by atoms with Crippen LogP contribution in [0, 0.1) is 12.7 Å². The van der Waals surface area contributed by atoms with Gasteiger partial charge in [0, 0.05) is 6.04 Å². The quantitative estimate of drug-likeness (QED) is 0.765. The summed E-state index contributed by atoms with van der Waals surface area (Å²) in [7, 11) is 0. The molecular weight excluding hydrogens is 181 g/mol.